The topological polar surface area (TPSA) is 105 Å². The van der Waals surface area contributed by atoms with Crippen molar-refractivity contribution in [3.63, 3.8) is 0 Å². The van der Waals surface area contributed by atoms with Crippen LogP contribution in [0.4, 0.5) is 24.5 Å². The number of fused-ring (bicyclic) bond motifs is 1. The van der Waals surface area contributed by atoms with Gasteiger partial charge in [-0.05, 0) is 61.9 Å². The molecule has 0 atom stereocenters. The van der Waals surface area contributed by atoms with E-state index in [4.69, 9.17) is 9.47 Å². The first-order valence-corrected chi connectivity index (χ1v) is 17.4. The van der Waals surface area contributed by atoms with Gasteiger partial charge in [0.25, 0.3) is 10.0 Å². The van der Waals surface area contributed by atoms with Crippen LogP contribution < -0.4 is 19.7 Å². The molecule has 2 saturated heterocycles. The van der Waals surface area contributed by atoms with Crippen molar-refractivity contribution in [2.45, 2.75) is 62.3 Å². The predicted molar refractivity (Wildman–Crippen MR) is 177 cm³/mol. The molecular formula is C34H40F3N5O5S. The molecule has 258 valence electrons. The minimum Gasteiger partial charge on any atom is -0.495 e. The molecule has 2 aromatic carbocycles. The Morgan fingerprint density at radius 1 is 1.12 bits per heavy atom. The number of carbonyl (C=O) groups excluding carboxylic acids is 1. The summed E-state index contributed by atoms with van der Waals surface area (Å²) in [4.78, 5) is 15.9. The number of hydrogen-bond donors (Lipinski definition) is 2. The van der Waals surface area contributed by atoms with Crippen molar-refractivity contribution in [3.8, 4) is 17.6 Å². The number of hydrogen-bond acceptors (Lipinski definition) is 8. The van der Waals surface area contributed by atoms with Gasteiger partial charge in [-0.25, -0.2) is 13.1 Å². The van der Waals surface area contributed by atoms with Crippen LogP contribution in [0.5, 0.6) is 5.75 Å². The number of methoxy groups -OCH3 is 1. The summed E-state index contributed by atoms with van der Waals surface area (Å²) in [6.07, 6.45) is -0.223. The Morgan fingerprint density at radius 2 is 1.85 bits per heavy atom. The van der Waals surface area contributed by atoms with E-state index in [1.807, 2.05) is 17.8 Å². The molecule has 3 aromatic rings. The van der Waals surface area contributed by atoms with Crippen LogP contribution >= 0.6 is 0 Å². The van der Waals surface area contributed by atoms with Crippen molar-refractivity contribution in [2.24, 2.45) is 5.41 Å². The number of carbonyl (C=O) groups is 1. The van der Waals surface area contributed by atoms with E-state index in [1.54, 1.807) is 18.2 Å². The third kappa shape index (κ3) is 7.09. The van der Waals surface area contributed by atoms with Crippen LogP contribution in [0.3, 0.4) is 0 Å². The van der Waals surface area contributed by atoms with Gasteiger partial charge in [-0.1, -0.05) is 12.0 Å². The summed E-state index contributed by atoms with van der Waals surface area (Å²) in [5.41, 5.74) is 2.40. The molecule has 1 aromatic heterocycles. The van der Waals surface area contributed by atoms with Crippen LogP contribution in [0.15, 0.2) is 47.4 Å². The van der Waals surface area contributed by atoms with Crippen LogP contribution in [0, 0.1) is 17.3 Å². The number of anilines is 2. The summed E-state index contributed by atoms with van der Waals surface area (Å²) < 4.78 is 79.9. The number of nitrogens with one attached hydrogen (secondary N) is 2. The van der Waals surface area contributed by atoms with Crippen molar-refractivity contribution in [2.75, 3.05) is 57.2 Å². The monoisotopic (exact) mass is 687 g/mol. The number of amides is 1. The van der Waals surface area contributed by atoms with Crippen LogP contribution in [0.1, 0.15) is 38.3 Å². The molecule has 0 bridgehead atoms. The Bertz CT molecular complexity index is 1850. The fourth-order valence-corrected chi connectivity index (χ4v) is 8.20. The van der Waals surface area contributed by atoms with Gasteiger partial charge in [0.1, 0.15) is 12.3 Å². The fourth-order valence-electron chi connectivity index (χ4n) is 7.19. The van der Waals surface area contributed by atoms with Gasteiger partial charge in [0.05, 0.1) is 48.7 Å². The van der Waals surface area contributed by atoms with Crippen molar-refractivity contribution >= 4 is 38.2 Å². The maximum absolute atomic E-state index is 13.8. The van der Waals surface area contributed by atoms with E-state index >= 15 is 0 Å². The summed E-state index contributed by atoms with van der Waals surface area (Å²) in [6.45, 7) is 3.95. The first-order valence-electron chi connectivity index (χ1n) is 16.0. The summed E-state index contributed by atoms with van der Waals surface area (Å²) in [5.74, 6) is 5.29. The highest BCUT2D eigenvalue weighted by atomic mass is 32.2. The Labute approximate surface area is 278 Å². The Kier molecular flexibility index (Phi) is 9.32. The van der Waals surface area contributed by atoms with Gasteiger partial charge in [-0.3, -0.25) is 9.69 Å². The Morgan fingerprint density at radius 3 is 2.48 bits per heavy atom. The number of likely N-dealkylation sites (tertiary alicyclic amines) is 1. The van der Waals surface area contributed by atoms with Gasteiger partial charge < -0.3 is 24.3 Å². The molecule has 2 N–H and O–H groups in total. The minimum absolute atomic E-state index is 0.0445. The largest absolute Gasteiger partial charge is 0.495 e. The van der Waals surface area contributed by atoms with E-state index in [0.717, 1.165) is 70.0 Å². The van der Waals surface area contributed by atoms with Gasteiger partial charge in [0.2, 0.25) is 5.91 Å². The lowest BCUT2D eigenvalue weighted by Gasteiger charge is -2.58. The van der Waals surface area contributed by atoms with E-state index in [-0.39, 0.29) is 28.9 Å². The quantitative estimate of drug-likeness (QED) is 0.316. The normalized spacial score (nSPS) is 20.7. The third-order valence-corrected chi connectivity index (χ3v) is 11.0. The maximum atomic E-state index is 13.8. The van der Waals surface area contributed by atoms with Gasteiger partial charge in [0.15, 0.2) is 0 Å². The number of aromatic nitrogens is 1. The number of rotatable bonds is 9. The first-order chi connectivity index (χ1) is 22.8. The van der Waals surface area contributed by atoms with Gasteiger partial charge in [-0.2, -0.15) is 13.2 Å². The Hall–Kier alpha value is -3.93. The third-order valence-electron chi connectivity index (χ3n) is 9.61. The Balaban J connectivity index is 1.18. The average Bonchev–Trinajstić information content (AvgIpc) is 3.33. The van der Waals surface area contributed by atoms with Crippen LogP contribution in [-0.4, -0.2) is 89.1 Å². The molecule has 6 rings (SSSR count). The lowest BCUT2D eigenvalue weighted by Crippen LogP contribution is -2.68. The number of ether oxygens (including phenoxy) is 2. The summed E-state index contributed by atoms with van der Waals surface area (Å²) in [5, 5.41) is 3.75. The molecule has 0 radical (unpaired) electrons. The molecule has 2 aliphatic heterocycles. The maximum Gasteiger partial charge on any atom is 0.406 e. The standard InChI is InChI=1S/C34H40F3N5O5S/c1-23(43)39-48(44,45)27-13-14-29(32(17-27)46-3)38-15-5-6-26-16-28-30(7-4-8-31(28)42(26)20-34(35,36)37)40(2)24-9-11-25(12-10-24)41-18-33(19-41)21-47-22-33/h4,7-8,13-14,16-17,24-25,38H,9-12,15,18-22H2,1-3H3,(H,39,43). The minimum atomic E-state index is -4.45. The molecule has 3 heterocycles. The molecule has 1 amide bonds. The fraction of sp³-hybridized carbons (Fsp3) is 0.500. The molecule has 14 heteroatoms. The predicted octanol–water partition coefficient (Wildman–Crippen LogP) is 4.58. The highest BCUT2D eigenvalue weighted by molar-refractivity contribution is 7.90. The van der Waals surface area contributed by atoms with E-state index in [0.29, 0.717) is 22.7 Å². The second-order valence-electron chi connectivity index (χ2n) is 13.1. The van der Waals surface area contributed by atoms with E-state index < -0.39 is 28.7 Å². The molecule has 10 nitrogen and oxygen atoms in total. The summed E-state index contributed by atoms with van der Waals surface area (Å²) in [7, 11) is -0.674. The zero-order valence-electron chi connectivity index (χ0n) is 27.2. The molecule has 1 saturated carbocycles. The second kappa shape index (κ2) is 13.2. The number of nitrogens with zero attached hydrogens (tertiary/aromatic N) is 3. The number of alkyl halides is 3. The zero-order chi connectivity index (χ0) is 34.3. The molecule has 0 unspecified atom stereocenters. The molecule has 1 aliphatic carbocycles. The number of benzene rings is 2. The van der Waals surface area contributed by atoms with Crippen molar-refractivity contribution in [1.29, 1.82) is 0 Å². The molecule has 3 fully saturated rings. The van der Waals surface area contributed by atoms with Crippen molar-refractivity contribution < 1.29 is 35.9 Å². The first kappa shape index (κ1) is 34.0. The molecule has 3 aliphatic rings. The SMILES string of the molecule is COc1cc(S(=O)(=O)NC(C)=O)ccc1NCC#Cc1cc2c(N(C)C3CCC(N4CC5(COC5)C4)CC3)cccc2n1CC(F)(F)F. The van der Waals surface area contributed by atoms with Crippen LogP contribution in [0.2, 0.25) is 0 Å². The average molecular weight is 688 g/mol. The lowest BCUT2D eigenvalue weighted by atomic mass is 9.75. The number of halogens is 3. The molecular weight excluding hydrogens is 647 g/mol. The molecule has 1 spiro atoms. The van der Waals surface area contributed by atoms with E-state index in [2.05, 4.69) is 27.0 Å². The summed E-state index contributed by atoms with van der Waals surface area (Å²) in [6, 6.07) is 12.1. The number of sulfonamides is 1. The van der Waals surface area contributed by atoms with Crippen LogP contribution in [-0.2, 0) is 26.1 Å². The van der Waals surface area contributed by atoms with Gasteiger partial charge in [0, 0.05) is 61.7 Å². The summed E-state index contributed by atoms with van der Waals surface area (Å²) >= 11 is 0. The lowest BCUT2D eigenvalue weighted by molar-refractivity contribution is -0.200. The van der Waals surface area contributed by atoms with Crippen molar-refractivity contribution in [1.82, 2.24) is 14.2 Å². The smallest absolute Gasteiger partial charge is 0.406 e. The van der Waals surface area contributed by atoms with Crippen molar-refractivity contribution in [3.05, 3.63) is 48.2 Å². The highest BCUT2D eigenvalue weighted by Crippen LogP contribution is 2.42. The zero-order valence-corrected chi connectivity index (χ0v) is 28.0. The van der Waals surface area contributed by atoms with Gasteiger partial charge >= 0.3 is 6.18 Å². The second-order valence-corrected chi connectivity index (χ2v) is 14.8. The highest BCUT2D eigenvalue weighted by Gasteiger charge is 2.51. The molecule has 48 heavy (non-hydrogen) atoms. The van der Waals surface area contributed by atoms with E-state index in [9.17, 15) is 26.4 Å². The van der Waals surface area contributed by atoms with E-state index in [1.165, 1.54) is 29.9 Å². The van der Waals surface area contributed by atoms with Gasteiger partial charge in [-0.15, -0.1) is 0 Å². The van der Waals surface area contributed by atoms with Crippen LogP contribution in [0.25, 0.3) is 10.9 Å².